The number of fused-ring (bicyclic) bond motifs is 1. The Bertz CT molecular complexity index is 1160. The van der Waals surface area contributed by atoms with Crippen LogP contribution in [0.1, 0.15) is 18.3 Å². The molecule has 0 aliphatic rings. The van der Waals surface area contributed by atoms with Crippen LogP contribution in [0.2, 0.25) is 0 Å². The molecular weight excluding hydrogens is 559 g/mol. The van der Waals surface area contributed by atoms with E-state index in [9.17, 15) is 18.0 Å². The fourth-order valence-electron chi connectivity index (χ4n) is 3.30. The number of amides is 1. The van der Waals surface area contributed by atoms with Crippen molar-refractivity contribution >= 4 is 51.3 Å². The number of hydrogen-bond acceptors (Lipinski definition) is 5. The summed E-state index contributed by atoms with van der Waals surface area (Å²) in [5.74, 6) is -1.54. The molecule has 3 aromatic rings. The highest BCUT2D eigenvalue weighted by atomic mass is 127. The minimum Gasteiger partial charge on any atom is -0.475 e. The van der Waals surface area contributed by atoms with E-state index in [1.807, 2.05) is 17.4 Å². The van der Waals surface area contributed by atoms with Crippen LogP contribution in [-0.2, 0) is 11.8 Å². The van der Waals surface area contributed by atoms with Crippen LogP contribution in [0.25, 0.3) is 28.2 Å². The summed E-state index contributed by atoms with van der Waals surface area (Å²) in [4.78, 5) is 16.9. The number of carbonyl (C=O) groups excluding carboxylic acids is 1. The summed E-state index contributed by atoms with van der Waals surface area (Å²) in [6.45, 7) is 6.77. The molecule has 0 saturated heterocycles. The molecule has 0 fully saturated rings. The fourth-order valence-corrected chi connectivity index (χ4v) is 4.86. The Labute approximate surface area is 197 Å². The maximum absolute atomic E-state index is 12.7. The largest absolute Gasteiger partial charge is 0.475 e. The Morgan fingerprint density at radius 1 is 1.44 bits per heavy atom. The molecule has 8 nitrogen and oxygen atoms in total. The first-order valence-corrected chi connectivity index (χ1v) is 13.6. The molecule has 172 valence electrons. The molecule has 3 rings (SSSR count). The summed E-state index contributed by atoms with van der Waals surface area (Å²) < 4.78 is 47.3. The molecule has 0 N–H and O–H groups in total. The maximum atomic E-state index is 12.7. The van der Waals surface area contributed by atoms with Gasteiger partial charge >= 0.3 is 12.1 Å². The smallest absolute Gasteiger partial charge is 0.471 e. The highest BCUT2D eigenvalue weighted by molar-refractivity contribution is 14.2. The summed E-state index contributed by atoms with van der Waals surface area (Å²) in [5, 5.41) is 9.64. The highest BCUT2D eigenvalue weighted by Gasteiger charge is 2.41. The maximum Gasteiger partial charge on any atom is 0.471 e. The number of pyridine rings is 1. The third-order valence-electron chi connectivity index (χ3n) is 4.81. The Hall–Kier alpha value is -2.21. The van der Waals surface area contributed by atoms with Crippen molar-refractivity contribution < 1.29 is 22.7 Å². The summed E-state index contributed by atoms with van der Waals surface area (Å²) >= 11 is 2.24. The number of ether oxygens (including phenoxy) is 1. The van der Waals surface area contributed by atoms with E-state index >= 15 is 0 Å². The van der Waals surface area contributed by atoms with Crippen molar-refractivity contribution in [2.24, 2.45) is 7.05 Å². The second-order valence-electron chi connectivity index (χ2n) is 6.79. The van der Waals surface area contributed by atoms with Crippen LogP contribution in [-0.4, -0.2) is 61.0 Å². The van der Waals surface area contributed by atoms with E-state index < -0.39 is 12.1 Å². The Morgan fingerprint density at radius 3 is 2.75 bits per heavy atom. The zero-order valence-corrected chi connectivity index (χ0v) is 20.7. The first kappa shape index (κ1) is 24.4. The zero-order valence-electron chi connectivity index (χ0n) is 17.6. The van der Waals surface area contributed by atoms with Crippen LogP contribution in [0.5, 0.6) is 5.88 Å². The molecule has 3 aromatic heterocycles. The van der Waals surface area contributed by atoms with Gasteiger partial charge in [-0.1, -0.05) is 6.58 Å². The number of aryl methyl sites for hydroxylation is 2. The number of halogens is 4. The molecular formula is C19H21F3IN6O2P. The minimum atomic E-state index is -4.92. The van der Waals surface area contributed by atoms with E-state index in [-0.39, 0.29) is 19.7 Å². The van der Waals surface area contributed by atoms with Crippen molar-refractivity contribution in [2.75, 3.05) is 19.7 Å². The van der Waals surface area contributed by atoms with Gasteiger partial charge in [-0.2, -0.15) is 23.4 Å². The molecule has 1 atom stereocenters. The number of aromatic nitrogens is 5. The summed E-state index contributed by atoms with van der Waals surface area (Å²) in [7, 11) is 1.66. The zero-order chi connectivity index (χ0) is 23.6. The molecule has 0 aliphatic heterocycles. The first-order valence-electron chi connectivity index (χ1n) is 9.53. The summed E-state index contributed by atoms with van der Waals surface area (Å²) in [6, 6.07) is 1.87. The van der Waals surface area contributed by atoms with Gasteiger partial charge in [0.1, 0.15) is 6.61 Å². The van der Waals surface area contributed by atoms with Crippen molar-refractivity contribution in [3.8, 4) is 17.1 Å². The standard InChI is InChI=1S/C19H21F3IN6O2P/c1-5-14-12-9-15(25-11(3)16(12)29(26-14)32-23)13-10-24-27(4)17(13)31-8-7-28(6-2)18(30)19(20,21)22/h5,9-10,32H,1,6-8H2,2-4H3. The van der Waals surface area contributed by atoms with Gasteiger partial charge in [0.25, 0.3) is 0 Å². The number of carbonyl (C=O) groups is 1. The van der Waals surface area contributed by atoms with Gasteiger partial charge in [0.2, 0.25) is 5.88 Å². The average molecular weight is 580 g/mol. The number of rotatable bonds is 8. The highest BCUT2D eigenvalue weighted by Crippen LogP contribution is 2.36. The van der Waals surface area contributed by atoms with Crippen LogP contribution in [0.3, 0.4) is 0 Å². The van der Waals surface area contributed by atoms with Gasteiger partial charge in [-0.15, -0.1) is 0 Å². The second-order valence-corrected chi connectivity index (χ2v) is 8.83. The van der Waals surface area contributed by atoms with Crippen LogP contribution in [0.15, 0.2) is 18.8 Å². The predicted octanol–water partition coefficient (Wildman–Crippen LogP) is 4.36. The molecule has 0 saturated carbocycles. The third kappa shape index (κ3) is 4.75. The number of likely N-dealkylation sites (N-methyl/N-ethyl adjacent to an activating group) is 1. The SMILES string of the molecule is C=Cc1nn(PI)c2c(C)nc(-c3cnn(C)c3OCCN(CC)C(=O)C(F)(F)F)cc12. The monoisotopic (exact) mass is 580 g/mol. The molecule has 0 radical (unpaired) electrons. The summed E-state index contributed by atoms with van der Waals surface area (Å²) in [5.41, 5.74) is 3.59. The van der Waals surface area contributed by atoms with Crippen LogP contribution >= 0.6 is 28.4 Å². The van der Waals surface area contributed by atoms with E-state index in [1.165, 1.54) is 11.6 Å². The molecule has 13 heteroatoms. The Morgan fingerprint density at radius 2 is 2.16 bits per heavy atom. The predicted molar refractivity (Wildman–Crippen MR) is 126 cm³/mol. The fraction of sp³-hybridized carbons (Fsp3) is 0.368. The number of hydrogen-bond donors (Lipinski definition) is 0. The molecule has 32 heavy (non-hydrogen) atoms. The van der Waals surface area contributed by atoms with Gasteiger partial charge < -0.3 is 9.64 Å². The van der Waals surface area contributed by atoms with Gasteiger partial charge in [0, 0.05) is 19.0 Å². The van der Waals surface area contributed by atoms with E-state index in [0.717, 1.165) is 22.3 Å². The van der Waals surface area contributed by atoms with E-state index in [1.54, 1.807) is 19.3 Å². The van der Waals surface area contributed by atoms with Crippen LogP contribution in [0.4, 0.5) is 13.2 Å². The topological polar surface area (TPSA) is 78.1 Å². The van der Waals surface area contributed by atoms with Crippen molar-refractivity contribution in [3.63, 3.8) is 0 Å². The molecule has 3 heterocycles. The van der Waals surface area contributed by atoms with Crippen LogP contribution < -0.4 is 4.74 Å². The quantitative estimate of drug-likeness (QED) is 0.293. The van der Waals surface area contributed by atoms with Crippen molar-refractivity contribution in [3.05, 3.63) is 30.2 Å². The van der Waals surface area contributed by atoms with E-state index in [2.05, 4.69) is 43.8 Å². The lowest BCUT2D eigenvalue weighted by Gasteiger charge is -2.22. The van der Waals surface area contributed by atoms with Crippen molar-refractivity contribution in [1.82, 2.24) is 29.2 Å². The molecule has 0 bridgehead atoms. The lowest BCUT2D eigenvalue weighted by atomic mass is 10.1. The van der Waals surface area contributed by atoms with Gasteiger partial charge in [-0.05, 0) is 48.0 Å². The molecule has 0 aliphatic carbocycles. The van der Waals surface area contributed by atoms with E-state index in [4.69, 9.17) is 4.74 Å². The van der Waals surface area contributed by atoms with Crippen molar-refractivity contribution in [2.45, 2.75) is 20.0 Å². The van der Waals surface area contributed by atoms with Crippen molar-refractivity contribution in [1.29, 1.82) is 0 Å². The average Bonchev–Trinajstić information content (AvgIpc) is 3.30. The Balaban J connectivity index is 1.90. The number of alkyl halides is 3. The lowest BCUT2D eigenvalue weighted by Crippen LogP contribution is -2.43. The minimum absolute atomic E-state index is 0.0802. The molecule has 0 spiro atoms. The van der Waals surface area contributed by atoms with Gasteiger partial charge in [-0.3, -0.25) is 9.78 Å². The number of nitrogens with zero attached hydrogens (tertiary/aromatic N) is 6. The lowest BCUT2D eigenvalue weighted by molar-refractivity contribution is -0.185. The molecule has 1 amide bonds. The first-order chi connectivity index (χ1) is 15.1. The van der Waals surface area contributed by atoms with Gasteiger partial charge in [-0.25, -0.2) is 9.13 Å². The second kappa shape index (κ2) is 9.74. The molecule has 1 unspecified atom stereocenters. The van der Waals surface area contributed by atoms with E-state index in [0.29, 0.717) is 28.4 Å². The Kier molecular flexibility index (Phi) is 7.43. The van der Waals surface area contributed by atoms with Gasteiger partial charge in [0.05, 0.1) is 47.3 Å². The van der Waals surface area contributed by atoms with Gasteiger partial charge in [0.15, 0.2) is 0 Å². The molecule has 0 aromatic carbocycles. The van der Waals surface area contributed by atoms with Crippen LogP contribution in [0, 0.1) is 6.92 Å². The summed E-state index contributed by atoms with van der Waals surface area (Å²) in [6.07, 6.45) is -1.27. The normalized spacial score (nSPS) is 12.1. The third-order valence-corrected chi connectivity index (χ3v) is 6.66.